The number of aromatic nitrogens is 3. The van der Waals surface area contributed by atoms with Crippen molar-refractivity contribution in [1.82, 2.24) is 20.2 Å². The summed E-state index contributed by atoms with van der Waals surface area (Å²) in [4.78, 5) is 47.6. The summed E-state index contributed by atoms with van der Waals surface area (Å²) < 4.78 is 73.7. The zero-order chi connectivity index (χ0) is 37.1. The Morgan fingerprint density at radius 3 is 2.33 bits per heavy atom. The van der Waals surface area contributed by atoms with Gasteiger partial charge in [-0.05, 0) is 59.9 Å². The average Bonchev–Trinajstić information content (AvgIpc) is 3.68. The molecule has 3 amide bonds. The molecule has 1 saturated heterocycles. The normalized spacial score (nSPS) is 14.5. The predicted octanol–water partition coefficient (Wildman–Crippen LogP) is 6.87. The van der Waals surface area contributed by atoms with Crippen LogP contribution in [0.3, 0.4) is 0 Å². The third-order valence-electron chi connectivity index (χ3n) is 7.19. The van der Waals surface area contributed by atoms with Gasteiger partial charge in [0.1, 0.15) is 5.75 Å². The summed E-state index contributed by atoms with van der Waals surface area (Å²) in [7, 11) is 1.10. The number of hydrogen-bond donors (Lipinski definition) is 1. The summed E-state index contributed by atoms with van der Waals surface area (Å²) in [6, 6.07) is 15.3. The summed E-state index contributed by atoms with van der Waals surface area (Å²) in [5.74, 6) is -1.87. The molecule has 266 valence electrons. The largest absolute Gasteiger partial charge is 0.499 e. The van der Waals surface area contributed by atoms with Crippen molar-refractivity contribution in [2.45, 2.75) is 39.0 Å². The van der Waals surface area contributed by atoms with Gasteiger partial charge in [0.05, 0.1) is 30.5 Å². The van der Waals surface area contributed by atoms with Gasteiger partial charge in [-0.3, -0.25) is 9.69 Å². The van der Waals surface area contributed by atoms with Crippen LogP contribution in [0.15, 0.2) is 76.8 Å². The number of urea groups is 1. The third kappa shape index (κ3) is 8.22. The van der Waals surface area contributed by atoms with Crippen LogP contribution in [0.5, 0.6) is 5.75 Å². The highest BCUT2D eigenvalue weighted by molar-refractivity contribution is 8.15. The highest BCUT2D eigenvalue weighted by Crippen LogP contribution is 2.38. The van der Waals surface area contributed by atoms with E-state index in [2.05, 4.69) is 30.3 Å². The monoisotopic (exact) mass is 729 g/mol. The lowest BCUT2D eigenvalue weighted by atomic mass is 9.99. The molecule has 0 aliphatic carbocycles. The van der Waals surface area contributed by atoms with Crippen molar-refractivity contribution in [3.63, 3.8) is 0 Å². The number of halogens is 5. The lowest BCUT2D eigenvalue weighted by Gasteiger charge is -2.22. The number of benzene rings is 3. The standard InChI is InChI=1S/C33H28F5N7O5S/c1-18(2)24-14-5-19(3)15-25(24)44-26(46)17-51-31(44)41-30(48)42-39-16-20-6-8-21(9-7-20)27-40-28(29(47)49-4)45(43-27)22-10-12-23(13-11-22)50-33(37,38)32(34,35)36/h5-16,18H,17H2,1-4H3,(H,42,48)/b39-16+,41-31-. The molecule has 0 atom stereocenters. The van der Waals surface area contributed by atoms with Crippen molar-refractivity contribution in [2.75, 3.05) is 17.8 Å². The topological polar surface area (TPSA) is 140 Å². The van der Waals surface area contributed by atoms with Crippen LogP contribution in [0.4, 0.5) is 32.4 Å². The van der Waals surface area contributed by atoms with E-state index in [1.165, 1.54) is 11.1 Å². The summed E-state index contributed by atoms with van der Waals surface area (Å²) in [6.07, 6.45) is -9.99. The number of nitrogens with zero attached hydrogens (tertiary/aromatic N) is 6. The fourth-order valence-electron chi connectivity index (χ4n) is 4.71. The molecule has 1 aliphatic rings. The first-order valence-electron chi connectivity index (χ1n) is 15.0. The number of amidine groups is 1. The molecule has 0 spiro atoms. The van der Waals surface area contributed by atoms with Gasteiger partial charge in [0.2, 0.25) is 11.7 Å². The van der Waals surface area contributed by atoms with Crippen LogP contribution in [0.25, 0.3) is 17.1 Å². The smallest absolute Gasteiger partial charge is 0.463 e. The molecule has 3 aromatic carbocycles. The Labute approximate surface area is 291 Å². The van der Waals surface area contributed by atoms with E-state index in [-0.39, 0.29) is 40.1 Å². The Kier molecular flexibility index (Phi) is 10.5. The van der Waals surface area contributed by atoms with E-state index in [0.29, 0.717) is 16.8 Å². The number of anilines is 1. The highest BCUT2D eigenvalue weighted by atomic mass is 32.2. The van der Waals surface area contributed by atoms with Crippen molar-refractivity contribution in [2.24, 2.45) is 10.1 Å². The van der Waals surface area contributed by atoms with Crippen LogP contribution in [0.2, 0.25) is 0 Å². The molecule has 1 aromatic heterocycles. The first-order valence-corrected chi connectivity index (χ1v) is 15.9. The number of hydrogen-bond acceptors (Lipinski definition) is 9. The lowest BCUT2D eigenvalue weighted by Crippen LogP contribution is -2.41. The van der Waals surface area contributed by atoms with E-state index in [0.717, 1.165) is 58.9 Å². The summed E-state index contributed by atoms with van der Waals surface area (Å²) in [6.45, 7) is 5.93. The Bertz CT molecular complexity index is 2010. The molecule has 4 aromatic rings. The molecule has 1 aliphatic heterocycles. The van der Waals surface area contributed by atoms with Crippen LogP contribution in [0.1, 0.15) is 47.1 Å². The number of aliphatic imine (C=N–C) groups is 1. The number of thioether (sulfide) groups is 1. The van der Waals surface area contributed by atoms with Gasteiger partial charge in [0.15, 0.2) is 11.0 Å². The number of rotatable bonds is 9. The second kappa shape index (κ2) is 14.7. The van der Waals surface area contributed by atoms with Gasteiger partial charge in [-0.25, -0.2) is 24.7 Å². The number of alkyl halides is 5. The molecule has 51 heavy (non-hydrogen) atoms. The average molecular weight is 730 g/mol. The number of methoxy groups -OCH3 is 1. The zero-order valence-corrected chi connectivity index (χ0v) is 28.1. The van der Waals surface area contributed by atoms with E-state index in [1.54, 1.807) is 24.3 Å². The van der Waals surface area contributed by atoms with Crippen LogP contribution >= 0.6 is 11.8 Å². The zero-order valence-electron chi connectivity index (χ0n) is 27.2. The minimum absolute atomic E-state index is 0.0503. The van der Waals surface area contributed by atoms with Crippen molar-refractivity contribution < 1.29 is 45.8 Å². The fourth-order valence-corrected chi connectivity index (χ4v) is 5.57. The lowest BCUT2D eigenvalue weighted by molar-refractivity contribution is -0.360. The summed E-state index contributed by atoms with van der Waals surface area (Å²) >= 11 is 1.15. The molecular formula is C33H28F5N7O5S. The number of carbonyl (C=O) groups is 3. The van der Waals surface area contributed by atoms with Gasteiger partial charge in [0, 0.05) is 5.56 Å². The van der Waals surface area contributed by atoms with Crippen molar-refractivity contribution in [3.05, 3.63) is 89.2 Å². The van der Waals surface area contributed by atoms with Crippen LogP contribution in [-0.4, -0.2) is 69.2 Å². The van der Waals surface area contributed by atoms with Gasteiger partial charge in [0.25, 0.3) is 0 Å². The number of carbonyl (C=O) groups excluding carboxylic acids is 3. The second-order valence-electron chi connectivity index (χ2n) is 11.2. The number of esters is 1. The predicted molar refractivity (Wildman–Crippen MR) is 179 cm³/mol. The maximum Gasteiger partial charge on any atom is 0.499 e. The molecule has 0 radical (unpaired) electrons. The van der Waals surface area contributed by atoms with E-state index < -0.39 is 30.0 Å². The molecule has 1 fully saturated rings. The van der Waals surface area contributed by atoms with Crippen LogP contribution in [0, 0.1) is 6.92 Å². The molecule has 18 heteroatoms. The van der Waals surface area contributed by atoms with E-state index in [9.17, 15) is 36.3 Å². The first kappa shape index (κ1) is 36.6. The van der Waals surface area contributed by atoms with Crippen LogP contribution < -0.4 is 15.1 Å². The van der Waals surface area contributed by atoms with Gasteiger partial charge in [-0.15, -0.1) is 5.10 Å². The maximum absolute atomic E-state index is 13.3. The Balaban J connectivity index is 1.29. The van der Waals surface area contributed by atoms with Crippen molar-refractivity contribution in [1.29, 1.82) is 0 Å². The van der Waals surface area contributed by atoms with Gasteiger partial charge < -0.3 is 9.47 Å². The Morgan fingerprint density at radius 1 is 1.02 bits per heavy atom. The minimum atomic E-state index is -5.92. The Morgan fingerprint density at radius 2 is 1.71 bits per heavy atom. The molecule has 12 nitrogen and oxygen atoms in total. The van der Waals surface area contributed by atoms with Gasteiger partial charge >= 0.3 is 24.3 Å². The number of nitrogens with one attached hydrogen (secondary N) is 1. The first-order chi connectivity index (χ1) is 24.1. The number of ether oxygens (including phenoxy) is 2. The second-order valence-corrected chi connectivity index (χ2v) is 12.1. The molecular weight excluding hydrogens is 701 g/mol. The maximum atomic E-state index is 13.3. The molecule has 0 bridgehead atoms. The van der Waals surface area contributed by atoms with E-state index in [4.69, 9.17) is 4.74 Å². The highest BCUT2D eigenvalue weighted by Gasteiger charge is 2.61. The van der Waals surface area contributed by atoms with Crippen LogP contribution in [-0.2, 0) is 9.53 Å². The molecule has 5 rings (SSSR count). The number of amides is 3. The minimum Gasteiger partial charge on any atom is -0.463 e. The fraction of sp³-hybridized carbons (Fsp3) is 0.242. The summed E-state index contributed by atoms with van der Waals surface area (Å²) in [5, 5.41) is 8.45. The van der Waals surface area contributed by atoms with E-state index in [1.807, 2.05) is 39.0 Å². The van der Waals surface area contributed by atoms with Gasteiger partial charge in [-0.2, -0.15) is 32.0 Å². The van der Waals surface area contributed by atoms with Crippen molar-refractivity contribution in [3.8, 4) is 22.8 Å². The summed E-state index contributed by atoms with van der Waals surface area (Å²) in [5.41, 5.74) is 5.94. The Hall–Kier alpha value is -5.65. The van der Waals surface area contributed by atoms with E-state index >= 15 is 0 Å². The number of hydrazone groups is 1. The third-order valence-corrected chi connectivity index (χ3v) is 8.11. The SMILES string of the molecule is COC(=O)c1nc(-c2ccc(/C=N/NC(=O)/N=C3\SCC(=O)N3c3cc(C)ccc3C(C)C)cc2)nn1-c1ccc(OC(F)(F)C(F)(F)F)cc1. The van der Waals surface area contributed by atoms with Crippen molar-refractivity contribution >= 4 is 46.7 Å². The quantitative estimate of drug-likeness (QED) is 0.0853. The number of aryl methyl sites for hydroxylation is 1. The molecule has 1 N–H and O–H groups in total. The van der Waals surface area contributed by atoms with Gasteiger partial charge in [-0.1, -0.05) is 62.0 Å². The molecule has 2 heterocycles. The molecule has 0 saturated carbocycles. The molecule has 0 unspecified atom stereocenters.